The van der Waals surface area contributed by atoms with Crippen LogP contribution >= 0.6 is 11.3 Å². The van der Waals surface area contributed by atoms with Gasteiger partial charge in [0, 0.05) is 11.3 Å². The highest BCUT2D eigenvalue weighted by atomic mass is 32.1. The standard InChI is InChI=1S/C20H25NO2S/c1-12-9-19(23-4)14(3)18-10-15(5-6-17(12)18)13(2)20(22)21-16-7-8-24-11-16/h7-9,11,13,15H,5-6,10H2,1-4H3,(H,21,22)/t13-,15+/m0/s1. The third-order valence-corrected chi connectivity index (χ3v) is 6.05. The summed E-state index contributed by atoms with van der Waals surface area (Å²) >= 11 is 1.60. The molecule has 1 heterocycles. The average molecular weight is 343 g/mol. The maximum Gasteiger partial charge on any atom is 0.227 e. The van der Waals surface area contributed by atoms with Gasteiger partial charge in [0.15, 0.2) is 0 Å². The fourth-order valence-electron chi connectivity index (χ4n) is 3.77. The van der Waals surface area contributed by atoms with Crippen molar-refractivity contribution in [2.45, 2.75) is 40.0 Å². The molecule has 1 aromatic heterocycles. The maximum absolute atomic E-state index is 12.6. The van der Waals surface area contributed by atoms with Crippen LogP contribution in [0.15, 0.2) is 22.9 Å². The van der Waals surface area contributed by atoms with E-state index in [0.29, 0.717) is 5.92 Å². The number of rotatable bonds is 4. The van der Waals surface area contributed by atoms with Gasteiger partial charge in [0.05, 0.1) is 12.8 Å². The first-order valence-electron chi connectivity index (χ1n) is 8.50. The zero-order valence-electron chi connectivity index (χ0n) is 14.8. The van der Waals surface area contributed by atoms with Gasteiger partial charge in [0.25, 0.3) is 0 Å². The number of nitrogens with one attached hydrogen (secondary N) is 1. The van der Waals surface area contributed by atoms with Crippen molar-refractivity contribution < 1.29 is 9.53 Å². The molecule has 0 radical (unpaired) electrons. The van der Waals surface area contributed by atoms with Gasteiger partial charge in [-0.2, -0.15) is 11.3 Å². The molecular formula is C20H25NO2S. The number of ether oxygens (including phenoxy) is 1. The zero-order valence-corrected chi connectivity index (χ0v) is 15.6. The summed E-state index contributed by atoms with van der Waals surface area (Å²) in [5.74, 6) is 1.46. The minimum atomic E-state index is 0.00366. The number of carbonyl (C=O) groups excluding carboxylic acids is 1. The molecule has 0 fully saturated rings. The van der Waals surface area contributed by atoms with E-state index in [1.165, 1.54) is 22.3 Å². The predicted molar refractivity (Wildman–Crippen MR) is 100 cm³/mol. The number of benzene rings is 1. The van der Waals surface area contributed by atoms with E-state index >= 15 is 0 Å². The first kappa shape index (κ1) is 17.0. The highest BCUT2D eigenvalue weighted by Crippen LogP contribution is 2.37. The molecule has 2 aromatic rings. The summed E-state index contributed by atoms with van der Waals surface area (Å²) in [6, 6.07) is 4.09. The van der Waals surface area contributed by atoms with Crippen LogP contribution in [0.25, 0.3) is 0 Å². The van der Waals surface area contributed by atoms with Gasteiger partial charge in [-0.05, 0) is 78.8 Å². The number of hydrogen-bond acceptors (Lipinski definition) is 3. The molecule has 0 bridgehead atoms. The second kappa shape index (κ2) is 6.98. The maximum atomic E-state index is 12.6. The SMILES string of the molecule is COc1cc(C)c2c(c1C)C[C@H]([C@H](C)C(=O)Nc1ccsc1)CC2. The lowest BCUT2D eigenvalue weighted by molar-refractivity contribution is -0.121. The van der Waals surface area contributed by atoms with Gasteiger partial charge in [-0.3, -0.25) is 4.79 Å². The van der Waals surface area contributed by atoms with Gasteiger partial charge in [-0.15, -0.1) is 0 Å². The Balaban J connectivity index is 1.79. The Hall–Kier alpha value is -1.81. The fourth-order valence-corrected chi connectivity index (χ4v) is 4.36. The monoisotopic (exact) mass is 343 g/mol. The molecule has 0 saturated heterocycles. The highest BCUT2D eigenvalue weighted by Gasteiger charge is 2.30. The van der Waals surface area contributed by atoms with Crippen LogP contribution in [0.3, 0.4) is 0 Å². The smallest absolute Gasteiger partial charge is 0.227 e. The van der Waals surface area contributed by atoms with Crippen molar-refractivity contribution >= 4 is 22.9 Å². The summed E-state index contributed by atoms with van der Waals surface area (Å²) in [5, 5.41) is 6.99. The lowest BCUT2D eigenvalue weighted by Gasteiger charge is -2.31. The molecule has 1 amide bonds. The minimum Gasteiger partial charge on any atom is -0.496 e. The van der Waals surface area contributed by atoms with Crippen LogP contribution in [-0.4, -0.2) is 13.0 Å². The Morgan fingerprint density at radius 2 is 2.17 bits per heavy atom. The molecule has 0 spiro atoms. The molecule has 128 valence electrons. The van der Waals surface area contributed by atoms with Crippen LogP contribution < -0.4 is 10.1 Å². The predicted octanol–water partition coefficient (Wildman–Crippen LogP) is 4.75. The van der Waals surface area contributed by atoms with Gasteiger partial charge in [0.1, 0.15) is 5.75 Å². The average Bonchev–Trinajstić information content (AvgIpc) is 3.09. The summed E-state index contributed by atoms with van der Waals surface area (Å²) in [4.78, 5) is 12.6. The number of carbonyl (C=O) groups is 1. The fraction of sp³-hybridized carbons (Fsp3) is 0.450. The molecule has 1 aliphatic rings. The molecule has 0 unspecified atom stereocenters. The molecule has 1 aliphatic carbocycles. The highest BCUT2D eigenvalue weighted by molar-refractivity contribution is 7.08. The summed E-state index contributed by atoms with van der Waals surface area (Å²) in [7, 11) is 1.73. The molecule has 1 aromatic carbocycles. The quantitative estimate of drug-likeness (QED) is 0.870. The van der Waals surface area contributed by atoms with E-state index in [0.717, 1.165) is 30.7 Å². The van der Waals surface area contributed by atoms with E-state index in [2.05, 4.69) is 32.2 Å². The van der Waals surface area contributed by atoms with Crippen LogP contribution in [-0.2, 0) is 17.6 Å². The van der Waals surface area contributed by atoms with Crippen molar-refractivity contribution in [1.82, 2.24) is 0 Å². The van der Waals surface area contributed by atoms with Crippen molar-refractivity contribution in [2.75, 3.05) is 12.4 Å². The van der Waals surface area contributed by atoms with Gasteiger partial charge in [-0.25, -0.2) is 0 Å². The Morgan fingerprint density at radius 3 is 2.83 bits per heavy atom. The van der Waals surface area contributed by atoms with Gasteiger partial charge in [0.2, 0.25) is 5.91 Å². The molecule has 0 saturated carbocycles. The van der Waals surface area contributed by atoms with Crippen LogP contribution in [0.4, 0.5) is 5.69 Å². The van der Waals surface area contributed by atoms with E-state index in [9.17, 15) is 4.79 Å². The Morgan fingerprint density at radius 1 is 1.38 bits per heavy atom. The Bertz CT molecular complexity index is 737. The largest absolute Gasteiger partial charge is 0.496 e. The normalized spacial score (nSPS) is 17.9. The first-order valence-corrected chi connectivity index (χ1v) is 9.44. The van der Waals surface area contributed by atoms with Gasteiger partial charge < -0.3 is 10.1 Å². The van der Waals surface area contributed by atoms with Crippen LogP contribution in [0, 0.1) is 25.7 Å². The molecule has 1 N–H and O–H groups in total. The number of aryl methyl sites for hydroxylation is 1. The van der Waals surface area contributed by atoms with E-state index in [4.69, 9.17) is 4.74 Å². The van der Waals surface area contributed by atoms with Crippen molar-refractivity contribution in [3.8, 4) is 5.75 Å². The third kappa shape index (κ3) is 3.20. The minimum absolute atomic E-state index is 0.00366. The molecule has 2 atom stereocenters. The first-order chi connectivity index (χ1) is 11.5. The molecule has 0 aliphatic heterocycles. The molecule has 3 rings (SSSR count). The summed E-state index contributed by atoms with van der Waals surface area (Å²) in [6.07, 6.45) is 3.07. The number of anilines is 1. The number of amides is 1. The van der Waals surface area contributed by atoms with E-state index in [1.54, 1.807) is 18.4 Å². The van der Waals surface area contributed by atoms with Crippen molar-refractivity contribution in [1.29, 1.82) is 0 Å². The summed E-state index contributed by atoms with van der Waals surface area (Å²) < 4.78 is 5.53. The third-order valence-electron chi connectivity index (χ3n) is 5.37. The second-order valence-electron chi connectivity index (χ2n) is 6.77. The van der Waals surface area contributed by atoms with Crippen molar-refractivity contribution in [3.05, 3.63) is 45.1 Å². The molecule has 3 nitrogen and oxygen atoms in total. The van der Waals surface area contributed by atoms with E-state index in [-0.39, 0.29) is 11.8 Å². The molecule has 24 heavy (non-hydrogen) atoms. The Labute approximate surface area is 148 Å². The van der Waals surface area contributed by atoms with Crippen molar-refractivity contribution in [2.24, 2.45) is 11.8 Å². The molecular weight excluding hydrogens is 318 g/mol. The van der Waals surface area contributed by atoms with Crippen LogP contribution in [0.1, 0.15) is 35.6 Å². The van der Waals surface area contributed by atoms with E-state index < -0.39 is 0 Å². The second-order valence-corrected chi connectivity index (χ2v) is 7.55. The summed E-state index contributed by atoms with van der Waals surface area (Å²) in [6.45, 7) is 6.35. The topological polar surface area (TPSA) is 38.3 Å². The van der Waals surface area contributed by atoms with Crippen LogP contribution in [0.5, 0.6) is 5.75 Å². The molecule has 4 heteroatoms. The lowest BCUT2D eigenvalue weighted by atomic mass is 9.74. The number of fused-ring (bicyclic) bond motifs is 1. The van der Waals surface area contributed by atoms with Crippen LogP contribution in [0.2, 0.25) is 0 Å². The zero-order chi connectivity index (χ0) is 17.3. The number of hydrogen-bond donors (Lipinski definition) is 1. The van der Waals surface area contributed by atoms with Gasteiger partial charge in [-0.1, -0.05) is 6.92 Å². The number of methoxy groups -OCH3 is 1. The summed E-state index contributed by atoms with van der Waals surface area (Å²) in [5.41, 5.74) is 6.28. The van der Waals surface area contributed by atoms with Gasteiger partial charge >= 0.3 is 0 Å². The van der Waals surface area contributed by atoms with E-state index in [1.807, 2.05) is 16.8 Å². The van der Waals surface area contributed by atoms with Crippen molar-refractivity contribution in [3.63, 3.8) is 0 Å². The Kier molecular flexibility index (Phi) is 4.95. The number of thiophene rings is 1. The lowest BCUT2D eigenvalue weighted by Crippen LogP contribution is -2.31.